The van der Waals surface area contributed by atoms with Gasteiger partial charge in [-0.05, 0) is 54.7 Å². The number of nitrogens with two attached hydrogens (primary N) is 1. The number of hydrogen-bond acceptors (Lipinski definition) is 4. The van der Waals surface area contributed by atoms with Crippen molar-refractivity contribution in [1.82, 2.24) is 0 Å². The largest absolute Gasteiger partial charge is 0.507 e. The van der Waals surface area contributed by atoms with Crippen LogP contribution in [0.15, 0.2) is 63.8 Å². The Morgan fingerprint density at radius 3 is 2.79 bits per heavy atom. The molecular formula is C24H27NO3. The third-order valence-electron chi connectivity index (χ3n) is 6.31. The highest BCUT2D eigenvalue weighted by Crippen LogP contribution is 2.55. The third kappa shape index (κ3) is 3.64. The molecule has 4 rings (SSSR count). The molecule has 0 amide bonds. The molecule has 146 valence electrons. The van der Waals surface area contributed by atoms with E-state index in [1.807, 2.05) is 24.3 Å². The number of nitrogen functional groups attached to an aromatic ring is 1. The molecule has 1 aromatic carbocycles. The third-order valence-corrected chi connectivity index (χ3v) is 6.31. The molecule has 2 aliphatic rings. The summed E-state index contributed by atoms with van der Waals surface area (Å²) in [7, 11) is 0. The topological polar surface area (TPSA) is 76.5 Å². The Balaban J connectivity index is 1.49. The van der Waals surface area contributed by atoms with Gasteiger partial charge in [0, 0.05) is 24.1 Å². The Bertz CT molecular complexity index is 988. The Hall–Kier alpha value is -2.75. The molecular weight excluding hydrogens is 350 g/mol. The lowest BCUT2D eigenvalue weighted by Crippen LogP contribution is -2.19. The SMILES string of the molecule is CCC1(CCc2cc(O)c(C3CC3c3cccc(N)c3)c(=O)o2)C=CC=CC1. The summed E-state index contributed by atoms with van der Waals surface area (Å²) in [5.74, 6) is 0.835. The van der Waals surface area contributed by atoms with Crippen molar-refractivity contribution in [3.8, 4) is 5.75 Å². The first kappa shape index (κ1) is 18.6. The molecule has 0 bridgehead atoms. The fourth-order valence-corrected chi connectivity index (χ4v) is 4.38. The standard InChI is InChI=1S/C24H27NO3/c1-2-24(10-4-3-5-11-24)12-9-18-14-21(26)22(23(27)28-18)20-15-19(20)16-7-6-8-17(25)13-16/h3-8,10,13-14,19-20,26H,2,9,11-12,15,25H2,1H3. The Morgan fingerprint density at radius 2 is 2.11 bits per heavy atom. The van der Waals surface area contributed by atoms with Gasteiger partial charge in [-0.15, -0.1) is 0 Å². The fraction of sp³-hybridized carbons (Fsp3) is 0.375. The molecule has 1 saturated carbocycles. The van der Waals surface area contributed by atoms with Crippen LogP contribution in [0.25, 0.3) is 0 Å². The number of hydrogen-bond donors (Lipinski definition) is 2. The van der Waals surface area contributed by atoms with Gasteiger partial charge >= 0.3 is 5.63 Å². The molecule has 2 aromatic rings. The second kappa shape index (κ2) is 7.34. The van der Waals surface area contributed by atoms with Gasteiger partial charge in [-0.2, -0.15) is 0 Å². The van der Waals surface area contributed by atoms with Crippen LogP contribution in [0.1, 0.15) is 61.3 Å². The average molecular weight is 377 g/mol. The molecule has 0 radical (unpaired) electrons. The molecule has 0 saturated heterocycles. The molecule has 3 N–H and O–H groups in total. The highest BCUT2D eigenvalue weighted by atomic mass is 16.4. The van der Waals surface area contributed by atoms with E-state index in [9.17, 15) is 9.90 Å². The zero-order chi connectivity index (χ0) is 19.7. The maximum Gasteiger partial charge on any atom is 0.343 e. The second-order valence-corrected chi connectivity index (χ2v) is 8.13. The van der Waals surface area contributed by atoms with Crippen LogP contribution in [0.3, 0.4) is 0 Å². The maximum atomic E-state index is 12.6. The summed E-state index contributed by atoms with van der Waals surface area (Å²) in [5, 5.41) is 10.6. The first-order chi connectivity index (χ1) is 13.5. The van der Waals surface area contributed by atoms with E-state index >= 15 is 0 Å². The molecule has 1 aromatic heterocycles. The monoisotopic (exact) mass is 377 g/mol. The van der Waals surface area contributed by atoms with Crippen LogP contribution in [0.5, 0.6) is 5.75 Å². The molecule has 0 spiro atoms. The number of anilines is 1. The van der Waals surface area contributed by atoms with Gasteiger partial charge in [0.05, 0.1) is 5.56 Å². The van der Waals surface area contributed by atoms with Crippen molar-refractivity contribution in [3.05, 3.63) is 81.9 Å². The molecule has 0 aliphatic heterocycles. The summed E-state index contributed by atoms with van der Waals surface area (Å²) in [6, 6.07) is 9.36. The summed E-state index contributed by atoms with van der Waals surface area (Å²) < 4.78 is 5.60. The van der Waals surface area contributed by atoms with Crippen molar-refractivity contribution in [2.45, 2.75) is 50.9 Å². The zero-order valence-electron chi connectivity index (χ0n) is 16.2. The first-order valence-electron chi connectivity index (χ1n) is 10.1. The van der Waals surface area contributed by atoms with Crippen molar-refractivity contribution < 1.29 is 9.52 Å². The van der Waals surface area contributed by atoms with E-state index in [-0.39, 0.29) is 23.0 Å². The average Bonchev–Trinajstić information content (AvgIpc) is 3.47. The second-order valence-electron chi connectivity index (χ2n) is 8.13. The zero-order valence-corrected chi connectivity index (χ0v) is 16.2. The molecule has 2 aliphatic carbocycles. The number of rotatable bonds is 6. The summed E-state index contributed by atoms with van der Waals surface area (Å²) in [6.45, 7) is 2.18. The van der Waals surface area contributed by atoms with Crippen LogP contribution in [-0.2, 0) is 6.42 Å². The van der Waals surface area contributed by atoms with Crippen LogP contribution in [0, 0.1) is 5.41 Å². The van der Waals surface area contributed by atoms with Crippen LogP contribution in [0.4, 0.5) is 5.69 Å². The van der Waals surface area contributed by atoms with E-state index in [0.29, 0.717) is 23.4 Å². The maximum absolute atomic E-state index is 12.6. The molecule has 4 nitrogen and oxygen atoms in total. The van der Waals surface area contributed by atoms with E-state index < -0.39 is 5.63 Å². The van der Waals surface area contributed by atoms with E-state index in [1.54, 1.807) is 6.07 Å². The Kier molecular flexibility index (Phi) is 4.88. The summed E-state index contributed by atoms with van der Waals surface area (Å²) in [4.78, 5) is 12.6. The van der Waals surface area contributed by atoms with E-state index in [0.717, 1.165) is 31.2 Å². The summed E-state index contributed by atoms with van der Waals surface area (Å²) in [6.07, 6.45) is 13.0. The van der Waals surface area contributed by atoms with Crippen molar-refractivity contribution in [3.63, 3.8) is 0 Å². The number of benzene rings is 1. The lowest BCUT2D eigenvalue weighted by atomic mass is 9.75. The van der Waals surface area contributed by atoms with Crippen LogP contribution >= 0.6 is 0 Å². The normalized spacial score (nSPS) is 25.8. The lowest BCUT2D eigenvalue weighted by Gasteiger charge is -2.29. The van der Waals surface area contributed by atoms with Crippen LogP contribution < -0.4 is 11.4 Å². The molecule has 1 heterocycles. The van der Waals surface area contributed by atoms with Crippen LogP contribution in [-0.4, -0.2) is 5.11 Å². The van der Waals surface area contributed by atoms with Gasteiger partial charge in [0.1, 0.15) is 11.5 Å². The molecule has 3 unspecified atom stereocenters. The smallest absolute Gasteiger partial charge is 0.343 e. The van der Waals surface area contributed by atoms with Gasteiger partial charge in [-0.3, -0.25) is 0 Å². The highest BCUT2D eigenvalue weighted by Gasteiger charge is 2.43. The van der Waals surface area contributed by atoms with Gasteiger partial charge in [-0.1, -0.05) is 43.4 Å². The predicted molar refractivity (Wildman–Crippen MR) is 112 cm³/mol. The Labute approximate surface area is 165 Å². The van der Waals surface area contributed by atoms with E-state index in [1.165, 1.54) is 0 Å². The Morgan fingerprint density at radius 1 is 1.25 bits per heavy atom. The fourth-order valence-electron chi connectivity index (χ4n) is 4.38. The van der Waals surface area contributed by atoms with E-state index in [2.05, 4.69) is 31.2 Å². The first-order valence-corrected chi connectivity index (χ1v) is 10.1. The highest BCUT2D eigenvalue weighted by molar-refractivity contribution is 5.47. The van der Waals surface area contributed by atoms with E-state index in [4.69, 9.17) is 10.2 Å². The van der Waals surface area contributed by atoms with Crippen molar-refractivity contribution >= 4 is 5.69 Å². The number of allylic oxidation sites excluding steroid dienone is 4. The quantitative estimate of drug-likeness (QED) is 0.691. The lowest BCUT2D eigenvalue weighted by molar-refractivity contribution is 0.318. The van der Waals surface area contributed by atoms with Gasteiger partial charge in [0.2, 0.25) is 0 Å². The minimum absolute atomic E-state index is 0.000462. The van der Waals surface area contributed by atoms with Gasteiger partial charge in [0.25, 0.3) is 0 Å². The minimum Gasteiger partial charge on any atom is -0.507 e. The van der Waals surface area contributed by atoms with Crippen LogP contribution in [0.2, 0.25) is 0 Å². The molecule has 28 heavy (non-hydrogen) atoms. The number of aryl methyl sites for hydroxylation is 1. The van der Waals surface area contributed by atoms with Crippen molar-refractivity contribution in [2.75, 3.05) is 5.73 Å². The number of aromatic hydroxyl groups is 1. The molecule has 1 fully saturated rings. The van der Waals surface area contributed by atoms with Crippen molar-refractivity contribution in [2.24, 2.45) is 5.41 Å². The minimum atomic E-state index is -0.406. The van der Waals surface area contributed by atoms with Gasteiger partial charge in [-0.25, -0.2) is 4.79 Å². The predicted octanol–water partition coefficient (Wildman–Crippen LogP) is 5.04. The summed E-state index contributed by atoms with van der Waals surface area (Å²) in [5.41, 5.74) is 7.79. The van der Waals surface area contributed by atoms with Gasteiger partial charge in [0.15, 0.2) is 0 Å². The molecule has 4 heteroatoms. The molecule has 3 atom stereocenters. The summed E-state index contributed by atoms with van der Waals surface area (Å²) >= 11 is 0. The van der Waals surface area contributed by atoms with Crippen molar-refractivity contribution in [1.29, 1.82) is 0 Å². The van der Waals surface area contributed by atoms with Gasteiger partial charge < -0.3 is 15.3 Å².